The first kappa shape index (κ1) is 15.0. The second-order valence-corrected chi connectivity index (χ2v) is 5.28. The van der Waals surface area contributed by atoms with Crippen LogP contribution in [-0.2, 0) is 0 Å². The molecule has 2 aromatic carbocycles. The molecule has 0 unspecified atom stereocenters. The van der Waals surface area contributed by atoms with Crippen molar-refractivity contribution in [3.8, 4) is 0 Å². The quantitative estimate of drug-likeness (QED) is 0.609. The molecule has 18 heavy (non-hydrogen) atoms. The zero-order valence-electron chi connectivity index (χ0n) is 10.2. The molecule has 0 aromatic heterocycles. The molecule has 0 radical (unpaired) electrons. The van der Waals surface area contributed by atoms with Crippen molar-refractivity contribution in [3.63, 3.8) is 0 Å². The Morgan fingerprint density at radius 2 is 1.28 bits per heavy atom. The molecule has 0 saturated carbocycles. The van der Waals surface area contributed by atoms with Crippen molar-refractivity contribution >= 4 is 16.8 Å². The zero-order chi connectivity index (χ0) is 12.1. The average molecular weight is 322 g/mol. The molecule has 2 rings (SSSR count). The third-order valence-electron chi connectivity index (χ3n) is 2.51. The van der Waals surface area contributed by atoms with Crippen molar-refractivity contribution in [3.05, 3.63) is 71.8 Å². The van der Waals surface area contributed by atoms with Crippen LogP contribution in [-0.4, -0.2) is 5.04 Å². The van der Waals surface area contributed by atoms with Crippen molar-refractivity contribution in [2.45, 2.75) is 12.2 Å². The van der Waals surface area contributed by atoms with Crippen LogP contribution in [0.2, 0.25) is 0 Å². The van der Waals surface area contributed by atoms with E-state index in [2.05, 4.69) is 48.5 Å². The first-order valence-corrected chi connectivity index (χ1v) is 6.51. The van der Waals surface area contributed by atoms with E-state index in [0.29, 0.717) is 0 Å². The van der Waals surface area contributed by atoms with Crippen LogP contribution in [0.5, 0.6) is 0 Å². The molecule has 0 aliphatic heterocycles. The van der Waals surface area contributed by atoms with Crippen molar-refractivity contribution in [2.75, 3.05) is 0 Å². The number of benzene rings is 2. The predicted molar refractivity (Wildman–Crippen MR) is 74.9 cm³/mol. The number of nitrogens with two attached hydrogens (primary N) is 1. The summed E-state index contributed by atoms with van der Waals surface area (Å²) in [5.74, 6) is 0. The Morgan fingerprint density at radius 3 is 1.61 bits per heavy atom. The third kappa shape index (κ3) is 4.00. The van der Waals surface area contributed by atoms with E-state index >= 15 is 0 Å². The predicted octanol–water partition coefficient (Wildman–Crippen LogP) is -0.309. The van der Waals surface area contributed by atoms with Crippen LogP contribution in [0.1, 0.15) is 23.3 Å². The van der Waals surface area contributed by atoms with E-state index in [4.69, 9.17) is 5.41 Å². The highest BCUT2D eigenvalue weighted by Crippen LogP contribution is 2.35. The molecule has 0 amide bonds. The summed E-state index contributed by atoms with van der Waals surface area (Å²) in [6.07, 6.45) is 0. The third-order valence-corrected chi connectivity index (χ3v) is 3.66. The van der Waals surface area contributed by atoms with Crippen molar-refractivity contribution in [2.24, 2.45) is 0 Å². The topological polar surface area (TPSA) is 25.6 Å². The van der Waals surface area contributed by atoms with Gasteiger partial charge in [0.1, 0.15) is 0 Å². The molecule has 0 fully saturated rings. The van der Waals surface area contributed by atoms with Gasteiger partial charge in [-0.05, 0) is 22.9 Å². The Hall–Kier alpha value is -1.06. The molecular formula is C15H16BrNS. The van der Waals surface area contributed by atoms with E-state index in [1.807, 2.05) is 19.1 Å². The summed E-state index contributed by atoms with van der Waals surface area (Å²) in [4.78, 5) is 0. The molecule has 94 valence electrons. The summed E-state index contributed by atoms with van der Waals surface area (Å²) < 4.78 is 0. The number of hydrogen-bond donors (Lipinski definition) is 1. The van der Waals surface area contributed by atoms with Crippen LogP contribution in [0.4, 0.5) is 0 Å². The highest BCUT2D eigenvalue weighted by Gasteiger charge is 2.16. The van der Waals surface area contributed by atoms with Crippen LogP contribution in [0.15, 0.2) is 60.7 Å². The SMILES string of the molecule is CC(=[NH2+])SC(c1ccccc1)c1ccccc1.[Br-]. The Labute approximate surface area is 123 Å². The second kappa shape index (κ2) is 7.39. The second-order valence-electron chi connectivity index (χ2n) is 3.93. The van der Waals surface area contributed by atoms with E-state index in [1.54, 1.807) is 11.8 Å². The molecule has 0 spiro atoms. The number of halogens is 1. The molecule has 0 bridgehead atoms. The summed E-state index contributed by atoms with van der Waals surface area (Å²) in [6, 6.07) is 20.9. The van der Waals surface area contributed by atoms with Crippen LogP contribution in [0.3, 0.4) is 0 Å². The fraction of sp³-hybridized carbons (Fsp3) is 0.133. The van der Waals surface area contributed by atoms with Gasteiger partial charge in [-0.3, -0.25) is 5.41 Å². The van der Waals surface area contributed by atoms with Gasteiger partial charge in [0.25, 0.3) is 0 Å². The Morgan fingerprint density at radius 1 is 0.889 bits per heavy atom. The summed E-state index contributed by atoms with van der Waals surface area (Å²) in [5.41, 5.74) is 2.57. The summed E-state index contributed by atoms with van der Waals surface area (Å²) in [6.45, 7) is 1.95. The maximum atomic E-state index is 5.85. The lowest BCUT2D eigenvalue weighted by molar-refractivity contribution is -0.109. The molecular weight excluding hydrogens is 306 g/mol. The van der Waals surface area contributed by atoms with Crippen LogP contribution in [0.25, 0.3) is 0 Å². The fourth-order valence-electron chi connectivity index (χ4n) is 1.77. The van der Waals surface area contributed by atoms with Gasteiger partial charge in [0.2, 0.25) is 5.04 Å². The van der Waals surface area contributed by atoms with Crippen LogP contribution >= 0.6 is 11.8 Å². The first-order chi connectivity index (χ1) is 8.27. The van der Waals surface area contributed by atoms with Crippen LogP contribution < -0.4 is 22.4 Å². The first-order valence-electron chi connectivity index (χ1n) is 5.63. The Kier molecular flexibility index (Phi) is 6.16. The van der Waals surface area contributed by atoms with Crippen molar-refractivity contribution in [1.82, 2.24) is 0 Å². The van der Waals surface area contributed by atoms with Gasteiger partial charge in [-0.15, -0.1) is 0 Å². The lowest BCUT2D eigenvalue weighted by atomic mass is 10.0. The van der Waals surface area contributed by atoms with Gasteiger partial charge in [0, 0.05) is 6.92 Å². The molecule has 0 aliphatic rings. The largest absolute Gasteiger partial charge is 1.00 e. The number of thioether (sulfide) groups is 1. The lowest BCUT2D eigenvalue weighted by Gasteiger charge is -2.15. The highest BCUT2D eigenvalue weighted by atomic mass is 79.9. The number of hydrogen-bond acceptors (Lipinski definition) is 1. The molecule has 0 heterocycles. The van der Waals surface area contributed by atoms with Gasteiger partial charge in [-0.25, -0.2) is 0 Å². The van der Waals surface area contributed by atoms with Gasteiger partial charge < -0.3 is 17.0 Å². The smallest absolute Gasteiger partial charge is 0.205 e. The van der Waals surface area contributed by atoms with E-state index in [-0.39, 0.29) is 22.2 Å². The molecule has 2 aromatic rings. The van der Waals surface area contributed by atoms with Crippen molar-refractivity contribution < 1.29 is 22.4 Å². The number of rotatable bonds is 3. The van der Waals surface area contributed by atoms with E-state index < -0.39 is 0 Å². The monoisotopic (exact) mass is 321 g/mol. The summed E-state index contributed by atoms with van der Waals surface area (Å²) in [5, 5.41) is 7.02. The minimum absolute atomic E-state index is 0. The average Bonchev–Trinajstić information content (AvgIpc) is 2.38. The standard InChI is InChI=1S/C15H15NS.BrH/c1-12(16)17-15(13-8-4-2-5-9-13)14-10-6-3-7-11-14;/h2-11,15-16H,1H3;1H. The molecule has 1 nitrogen and oxygen atoms in total. The van der Waals surface area contributed by atoms with Gasteiger partial charge in [0.05, 0.1) is 5.25 Å². The fourth-order valence-corrected chi connectivity index (χ4v) is 2.73. The molecule has 0 aliphatic carbocycles. The molecule has 3 heteroatoms. The zero-order valence-corrected chi connectivity index (χ0v) is 12.6. The normalized spacial score (nSPS) is 9.89. The van der Waals surface area contributed by atoms with Gasteiger partial charge in [-0.2, -0.15) is 0 Å². The minimum Gasteiger partial charge on any atom is -1.00 e. The van der Waals surface area contributed by atoms with Crippen molar-refractivity contribution in [1.29, 1.82) is 0 Å². The Bertz CT molecular complexity index is 445. The summed E-state index contributed by atoms with van der Waals surface area (Å²) >= 11 is 1.70. The molecule has 0 saturated heterocycles. The Balaban J connectivity index is 0.00000162. The van der Waals surface area contributed by atoms with E-state index in [9.17, 15) is 0 Å². The highest BCUT2D eigenvalue weighted by molar-refractivity contribution is 8.13. The summed E-state index contributed by atoms with van der Waals surface area (Å²) in [7, 11) is 0. The van der Waals surface area contributed by atoms with Gasteiger partial charge in [-0.1, -0.05) is 60.7 Å². The maximum absolute atomic E-state index is 5.85. The van der Waals surface area contributed by atoms with Gasteiger partial charge >= 0.3 is 0 Å². The maximum Gasteiger partial charge on any atom is 0.205 e. The molecule has 2 N–H and O–H groups in total. The van der Waals surface area contributed by atoms with Gasteiger partial charge in [0.15, 0.2) is 0 Å². The minimum atomic E-state index is 0. The lowest BCUT2D eigenvalue weighted by Crippen LogP contribution is -3.00. The van der Waals surface area contributed by atoms with E-state index in [0.717, 1.165) is 5.04 Å². The van der Waals surface area contributed by atoms with E-state index in [1.165, 1.54) is 11.1 Å². The molecule has 0 atom stereocenters. The van der Waals surface area contributed by atoms with Crippen LogP contribution in [0, 0.1) is 0 Å².